The van der Waals surface area contributed by atoms with Crippen LogP contribution in [0.1, 0.15) is 319 Å². The third-order valence-electron chi connectivity index (χ3n) is 16.4. The molecule has 0 N–H and O–H groups in total. The number of rotatable bonds is 67. The van der Waals surface area contributed by atoms with Gasteiger partial charge in [0.05, 0.1) is 39.6 Å². The maximum absolute atomic E-state index is 6.30. The lowest BCUT2D eigenvalue weighted by Gasteiger charge is -2.18. The second kappa shape index (κ2) is 64.3. The number of terminal acetylenes is 2. The zero-order valence-electron chi connectivity index (χ0n) is 53.5. The zero-order valence-corrected chi connectivity index (χ0v) is 53.5. The fraction of sp³-hybridized carbons (Fsp3) is 0.789. The van der Waals surface area contributed by atoms with E-state index in [9.17, 15) is 0 Å². The summed E-state index contributed by atoms with van der Waals surface area (Å²) in [4.78, 5) is 0. The van der Waals surface area contributed by atoms with Crippen LogP contribution < -0.4 is 0 Å². The second-order valence-electron chi connectivity index (χ2n) is 24.3. The third-order valence-corrected chi connectivity index (χ3v) is 16.4. The van der Waals surface area contributed by atoms with E-state index < -0.39 is 0 Å². The van der Waals surface area contributed by atoms with E-state index in [2.05, 4.69) is 72.5 Å². The summed E-state index contributed by atoms with van der Waals surface area (Å²) in [6.07, 6.45) is 74.3. The Bertz CT molecular complexity index is 1480. The molecule has 2 rings (SSSR count). The highest BCUT2D eigenvalue weighted by molar-refractivity contribution is 5.14. The smallest absolute Gasteiger partial charge is 0.104 e. The fourth-order valence-electron chi connectivity index (χ4n) is 11.1. The predicted octanol–water partition coefficient (Wildman–Crippen LogP) is 22.2. The molecule has 6 nitrogen and oxygen atoms in total. The van der Waals surface area contributed by atoms with Crippen LogP contribution >= 0.6 is 0 Å². The van der Waals surface area contributed by atoms with Gasteiger partial charge in [-0.1, -0.05) is 317 Å². The number of unbranched alkanes of at least 4 members (excludes halogenated alkanes) is 45. The van der Waals surface area contributed by atoms with Crippen molar-refractivity contribution in [3.05, 3.63) is 71.8 Å². The first-order valence-corrected chi connectivity index (χ1v) is 35.3. The zero-order chi connectivity index (χ0) is 58.0. The van der Waals surface area contributed by atoms with Crippen LogP contribution in [0.2, 0.25) is 0 Å². The molecule has 0 fully saturated rings. The normalized spacial score (nSPS) is 12.2. The van der Waals surface area contributed by atoms with Crippen LogP contribution in [0.5, 0.6) is 0 Å². The van der Waals surface area contributed by atoms with E-state index in [0.29, 0.717) is 39.6 Å². The molecule has 2 unspecified atom stereocenters. The molecule has 0 amide bonds. The molecule has 82 heavy (non-hydrogen) atoms. The Labute approximate surface area is 509 Å². The summed E-state index contributed by atoms with van der Waals surface area (Å²) >= 11 is 0. The molecule has 2 aromatic carbocycles. The van der Waals surface area contributed by atoms with Crippen molar-refractivity contribution in [2.24, 2.45) is 0 Å². The van der Waals surface area contributed by atoms with Gasteiger partial charge in [0.1, 0.15) is 12.2 Å². The van der Waals surface area contributed by atoms with E-state index in [0.717, 1.165) is 65.0 Å². The van der Waals surface area contributed by atoms with E-state index in [4.69, 9.17) is 41.3 Å². The highest BCUT2D eigenvalue weighted by Gasteiger charge is 2.12. The van der Waals surface area contributed by atoms with Crippen molar-refractivity contribution in [2.75, 3.05) is 52.9 Å². The maximum atomic E-state index is 6.30. The maximum Gasteiger partial charge on any atom is 0.104 e. The van der Waals surface area contributed by atoms with E-state index >= 15 is 0 Å². The highest BCUT2D eigenvalue weighted by Crippen LogP contribution is 2.18. The molecule has 2 aromatic rings. The summed E-state index contributed by atoms with van der Waals surface area (Å²) in [6, 6.07) is 20.9. The Morgan fingerprint density at radius 1 is 0.244 bits per heavy atom. The van der Waals surface area contributed by atoms with Gasteiger partial charge in [-0.15, -0.1) is 24.7 Å². The van der Waals surface area contributed by atoms with Gasteiger partial charge in [-0.05, 0) is 49.7 Å². The summed E-state index contributed by atoms with van der Waals surface area (Å²) in [5.41, 5.74) is 2.41. The Morgan fingerprint density at radius 2 is 0.451 bits per heavy atom. The molecule has 0 heterocycles. The lowest BCUT2D eigenvalue weighted by Crippen LogP contribution is -2.26. The lowest BCUT2D eigenvalue weighted by molar-refractivity contribution is -0.0645. The Hall–Kier alpha value is -2.68. The van der Waals surface area contributed by atoms with Crippen molar-refractivity contribution in [3.63, 3.8) is 0 Å². The molecule has 6 heteroatoms. The molecule has 0 aliphatic heterocycles. The molecular formula is C76H130O6. The molecule has 0 saturated heterocycles. The van der Waals surface area contributed by atoms with Crippen LogP contribution in [0.4, 0.5) is 0 Å². The summed E-state index contributed by atoms with van der Waals surface area (Å²) < 4.78 is 37.0. The van der Waals surface area contributed by atoms with Gasteiger partial charge >= 0.3 is 0 Å². The van der Waals surface area contributed by atoms with Crippen molar-refractivity contribution in [3.8, 4) is 24.7 Å². The van der Waals surface area contributed by atoms with E-state index in [1.165, 1.54) is 281 Å². The van der Waals surface area contributed by atoms with Crippen molar-refractivity contribution in [1.29, 1.82) is 0 Å². The topological polar surface area (TPSA) is 55.4 Å². The van der Waals surface area contributed by atoms with Crippen LogP contribution in [-0.2, 0) is 41.6 Å². The Kier molecular flexibility index (Phi) is 59.2. The van der Waals surface area contributed by atoms with Crippen molar-refractivity contribution >= 4 is 0 Å². The highest BCUT2D eigenvalue weighted by atomic mass is 16.6. The molecular weight excluding hydrogens is 1010 g/mol. The van der Waals surface area contributed by atoms with Crippen LogP contribution in [0.25, 0.3) is 0 Å². The first kappa shape index (κ1) is 75.4. The molecule has 0 aromatic heterocycles. The first-order chi connectivity index (χ1) is 40.8. The summed E-state index contributed by atoms with van der Waals surface area (Å²) in [6.45, 7) is 6.91. The largest absolute Gasteiger partial charge is 0.379 e. The van der Waals surface area contributed by atoms with Gasteiger partial charge in [-0.2, -0.15) is 0 Å². The molecule has 2 atom stereocenters. The molecule has 0 spiro atoms. The number of hydrogen-bond donors (Lipinski definition) is 0. The number of ether oxygens (including phenoxy) is 6. The summed E-state index contributed by atoms with van der Waals surface area (Å²) in [7, 11) is 0. The monoisotopic (exact) mass is 1140 g/mol. The summed E-state index contributed by atoms with van der Waals surface area (Å²) in [5, 5.41) is 0. The van der Waals surface area contributed by atoms with E-state index in [-0.39, 0.29) is 12.2 Å². The number of benzene rings is 2. The standard InChI is InChI=1S/C76H130O6/c1-3-5-7-9-11-13-15-35-39-43-47-57-65-81-75(71-79-67-73-59-51-49-52-60-73)69-77-63-55-45-41-37-33-31-29-27-25-23-21-19-17-18-20-22-24-26-28-30-32-34-38-42-46-56-64-78-70-76(72-80-68-74-61-53-50-54-62-74)82-66-58-48-44-40-36-16-14-12-10-8-6-4-2/h1-2,49-54,59-62,75-76H,5-48,55-58,63-72H2. The van der Waals surface area contributed by atoms with Gasteiger partial charge in [0, 0.05) is 39.3 Å². The van der Waals surface area contributed by atoms with Gasteiger partial charge in [0.25, 0.3) is 0 Å². The second-order valence-corrected chi connectivity index (χ2v) is 24.3. The number of hydrogen-bond acceptors (Lipinski definition) is 6. The Balaban J connectivity index is 1.31. The minimum Gasteiger partial charge on any atom is -0.379 e. The average molecular weight is 1140 g/mol. The molecule has 0 aliphatic carbocycles. The summed E-state index contributed by atoms with van der Waals surface area (Å²) in [5.74, 6) is 5.50. The van der Waals surface area contributed by atoms with E-state index in [1.54, 1.807) is 0 Å². The lowest BCUT2D eigenvalue weighted by atomic mass is 10.0. The van der Waals surface area contributed by atoms with Gasteiger partial charge in [-0.3, -0.25) is 0 Å². The minimum absolute atomic E-state index is 0.00538. The molecule has 0 bridgehead atoms. The van der Waals surface area contributed by atoms with Crippen LogP contribution in [0, 0.1) is 24.7 Å². The average Bonchev–Trinajstić information content (AvgIpc) is 3.50. The Morgan fingerprint density at radius 3 is 0.695 bits per heavy atom. The SMILES string of the molecule is C#CCCCCCCCCCCCCOC(COCCCCCCCCCCCCCCCCCCCCCCCCCCCCOCC(COCc1ccccc1)OCCCCCCCCCCCCC#C)COCc1ccccc1. The van der Waals surface area contributed by atoms with Gasteiger partial charge in [0.2, 0.25) is 0 Å². The minimum atomic E-state index is 0.00538. The van der Waals surface area contributed by atoms with Gasteiger partial charge < -0.3 is 28.4 Å². The van der Waals surface area contributed by atoms with E-state index in [1.807, 2.05) is 0 Å². The van der Waals surface area contributed by atoms with Crippen LogP contribution in [-0.4, -0.2) is 65.1 Å². The van der Waals surface area contributed by atoms with Gasteiger partial charge in [-0.25, -0.2) is 0 Å². The molecule has 0 aliphatic rings. The molecule has 0 radical (unpaired) electrons. The molecule has 470 valence electrons. The first-order valence-electron chi connectivity index (χ1n) is 35.3. The quantitative estimate of drug-likeness (QED) is 0.0486. The van der Waals surface area contributed by atoms with Crippen molar-refractivity contribution in [1.82, 2.24) is 0 Å². The fourth-order valence-corrected chi connectivity index (χ4v) is 11.1. The van der Waals surface area contributed by atoms with Crippen LogP contribution in [0.15, 0.2) is 60.7 Å². The van der Waals surface area contributed by atoms with Crippen molar-refractivity contribution in [2.45, 2.75) is 334 Å². The van der Waals surface area contributed by atoms with Crippen molar-refractivity contribution < 1.29 is 28.4 Å². The van der Waals surface area contributed by atoms with Gasteiger partial charge in [0.15, 0.2) is 0 Å². The molecule has 0 saturated carbocycles. The van der Waals surface area contributed by atoms with Crippen LogP contribution in [0.3, 0.4) is 0 Å². The third kappa shape index (κ3) is 55.2. The predicted molar refractivity (Wildman–Crippen MR) is 353 cm³/mol.